The summed E-state index contributed by atoms with van der Waals surface area (Å²) in [6.45, 7) is 7.55. The van der Waals surface area contributed by atoms with Crippen molar-refractivity contribution in [2.75, 3.05) is 13.1 Å². The number of hydrogen-bond donors (Lipinski definition) is 2. The van der Waals surface area contributed by atoms with Gasteiger partial charge in [-0.05, 0) is 39.1 Å². The molecule has 0 fully saturated rings. The number of aromatic nitrogens is 1. The summed E-state index contributed by atoms with van der Waals surface area (Å²) >= 11 is 5.21. The second kappa shape index (κ2) is 6.90. The summed E-state index contributed by atoms with van der Waals surface area (Å²) in [5.41, 5.74) is 4.11. The van der Waals surface area contributed by atoms with Crippen LogP contribution in [0, 0.1) is 0 Å². The molecule has 1 aromatic rings. The zero-order valence-electron chi connectivity index (χ0n) is 10.9. The molecule has 0 aromatic carbocycles. The highest BCUT2D eigenvalue weighted by atomic mass is 32.1. The number of pyridine rings is 1. The molecule has 0 aliphatic carbocycles. The maximum absolute atomic E-state index is 9.61. The molecule has 0 aliphatic heterocycles. The Kier molecular flexibility index (Phi) is 5.51. The van der Waals surface area contributed by atoms with Gasteiger partial charge in [-0.2, -0.15) is 5.10 Å². The van der Waals surface area contributed by atoms with Crippen molar-refractivity contribution >= 4 is 23.0 Å². The molecule has 18 heavy (non-hydrogen) atoms. The number of thiocarbonyl (C=S) groups is 1. The van der Waals surface area contributed by atoms with Crippen LogP contribution in [0.5, 0.6) is 0 Å². The Morgan fingerprint density at radius 1 is 1.44 bits per heavy atom. The van der Waals surface area contributed by atoms with Gasteiger partial charge in [-0.3, -0.25) is 10.6 Å². The van der Waals surface area contributed by atoms with Gasteiger partial charge in [0.2, 0.25) is 6.20 Å². The van der Waals surface area contributed by atoms with Crippen LogP contribution in [0.3, 0.4) is 0 Å². The van der Waals surface area contributed by atoms with Crippen LogP contribution in [-0.4, -0.2) is 34.0 Å². The summed E-state index contributed by atoms with van der Waals surface area (Å²) in [6, 6.07) is 5.36. The molecule has 5 nitrogen and oxygen atoms in total. The van der Waals surface area contributed by atoms with E-state index in [9.17, 15) is 5.21 Å². The van der Waals surface area contributed by atoms with Gasteiger partial charge in [0, 0.05) is 30.0 Å². The van der Waals surface area contributed by atoms with E-state index in [4.69, 9.17) is 12.2 Å². The molecule has 2 N–H and O–H groups in total. The first-order chi connectivity index (χ1) is 8.60. The van der Waals surface area contributed by atoms with Crippen molar-refractivity contribution in [1.29, 1.82) is 0 Å². The third kappa shape index (κ3) is 3.66. The maximum Gasteiger partial charge on any atom is 0.280 e. The van der Waals surface area contributed by atoms with Crippen molar-refractivity contribution in [2.45, 2.75) is 20.8 Å². The monoisotopic (exact) mass is 267 g/mol. The van der Waals surface area contributed by atoms with Crippen LogP contribution in [0.4, 0.5) is 0 Å². The van der Waals surface area contributed by atoms with E-state index in [2.05, 4.69) is 10.5 Å². The quantitative estimate of drug-likeness (QED) is 0.282. The number of hydrazone groups is 1. The Balaban J connectivity index is 2.74. The first-order valence-electron chi connectivity index (χ1n) is 5.89. The second-order valence-electron chi connectivity index (χ2n) is 3.72. The van der Waals surface area contributed by atoms with E-state index >= 15 is 0 Å². The largest absolute Gasteiger partial charge is 0.348 e. The van der Waals surface area contributed by atoms with Crippen LogP contribution < -0.4 is 10.2 Å². The van der Waals surface area contributed by atoms with Crippen LogP contribution in [0.15, 0.2) is 29.5 Å². The molecule has 0 radical (unpaired) electrons. The molecule has 1 aromatic heterocycles. The molecule has 0 saturated heterocycles. The lowest BCUT2D eigenvalue weighted by Gasteiger charge is -2.20. The summed E-state index contributed by atoms with van der Waals surface area (Å²) in [4.78, 5) is 1.99. The molecule has 0 atom stereocenters. The Hall–Kier alpha value is -1.69. The highest BCUT2D eigenvalue weighted by molar-refractivity contribution is 7.80. The van der Waals surface area contributed by atoms with Crippen molar-refractivity contribution in [3.8, 4) is 0 Å². The lowest BCUT2D eigenvalue weighted by Crippen LogP contribution is -2.39. The van der Waals surface area contributed by atoms with Crippen LogP contribution >= 0.6 is 12.2 Å². The van der Waals surface area contributed by atoms with Gasteiger partial charge in [-0.1, -0.05) is 0 Å². The fraction of sp³-hybridized carbons (Fsp3) is 0.417. The van der Waals surface area contributed by atoms with E-state index in [-0.39, 0.29) is 0 Å². The Morgan fingerprint density at radius 2 is 2.11 bits per heavy atom. The summed E-state index contributed by atoms with van der Waals surface area (Å²) in [7, 11) is 0. The van der Waals surface area contributed by atoms with Crippen LogP contribution in [0.2, 0.25) is 0 Å². The van der Waals surface area contributed by atoms with E-state index < -0.39 is 0 Å². The molecular weight excluding hydrogens is 248 g/mol. The van der Waals surface area contributed by atoms with Gasteiger partial charge in [-0.15, -0.1) is 0 Å². The van der Waals surface area contributed by atoms with Crippen LogP contribution in [0.1, 0.15) is 26.5 Å². The van der Waals surface area contributed by atoms with E-state index in [1.807, 2.05) is 24.8 Å². The van der Waals surface area contributed by atoms with Gasteiger partial charge in [-0.25, -0.2) is 0 Å². The highest BCUT2D eigenvalue weighted by Crippen LogP contribution is 1.94. The number of nitrogens with zero attached hydrogens (tertiary/aromatic N) is 3. The van der Waals surface area contributed by atoms with Gasteiger partial charge in [0.15, 0.2) is 5.11 Å². The molecular formula is C12H19N4OS+. The molecule has 0 amide bonds. The van der Waals surface area contributed by atoms with Crippen molar-refractivity contribution in [3.63, 3.8) is 0 Å². The zero-order valence-corrected chi connectivity index (χ0v) is 11.7. The van der Waals surface area contributed by atoms with Crippen LogP contribution in [-0.2, 0) is 0 Å². The number of rotatable bonds is 4. The SMILES string of the molecule is CCN(CC)C(=S)N/N=C(\C)c1cccc[n+]1O. The third-order valence-corrected chi connectivity index (χ3v) is 2.93. The summed E-state index contributed by atoms with van der Waals surface area (Å²) in [5, 5.41) is 14.4. The Morgan fingerprint density at radius 3 is 2.67 bits per heavy atom. The molecule has 0 bridgehead atoms. The first-order valence-corrected chi connectivity index (χ1v) is 6.30. The maximum atomic E-state index is 9.61. The van der Waals surface area contributed by atoms with Gasteiger partial charge >= 0.3 is 0 Å². The average Bonchev–Trinajstić information content (AvgIpc) is 2.38. The van der Waals surface area contributed by atoms with Crippen molar-refractivity contribution in [2.24, 2.45) is 5.10 Å². The zero-order chi connectivity index (χ0) is 13.5. The minimum atomic E-state index is 0.583. The number of hydrogen-bond acceptors (Lipinski definition) is 3. The van der Waals surface area contributed by atoms with Crippen LogP contribution in [0.25, 0.3) is 0 Å². The van der Waals surface area contributed by atoms with Crippen molar-refractivity contribution < 1.29 is 9.94 Å². The first kappa shape index (κ1) is 14.4. The average molecular weight is 267 g/mol. The topological polar surface area (TPSA) is 51.7 Å². The predicted molar refractivity (Wildman–Crippen MR) is 74.7 cm³/mol. The lowest BCUT2D eigenvalue weighted by molar-refractivity contribution is -0.905. The van der Waals surface area contributed by atoms with Gasteiger partial charge in [0.05, 0.1) is 0 Å². The molecule has 0 aliphatic rings. The standard InChI is InChI=1S/C12H18N4OS/c1-4-15(5-2)12(18)14-13-10(3)11-8-6-7-9-16(11)17/h6-9,17H,4-5H2,1-3H3/p+1. The molecule has 0 saturated carbocycles. The molecule has 0 unspecified atom stereocenters. The van der Waals surface area contributed by atoms with E-state index in [0.717, 1.165) is 17.8 Å². The summed E-state index contributed by atoms with van der Waals surface area (Å²) < 4.78 is 1.03. The molecule has 6 heteroatoms. The summed E-state index contributed by atoms with van der Waals surface area (Å²) in [5.74, 6) is 0. The second-order valence-corrected chi connectivity index (χ2v) is 4.10. The van der Waals surface area contributed by atoms with E-state index in [1.54, 1.807) is 25.3 Å². The minimum Gasteiger partial charge on any atom is -0.348 e. The predicted octanol–water partition coefficient (Wildman–Crippen LogP) is 1.15. The Bertz CT molecular complexity index is 443. The molecule has 1 rings (SSSR count). The summed E-state index contributed by atoms with van der Waals surface area (Å²) in [6.07, 6.45) is 1.55. The van der Waals surface area contributed by atoms with E-state index in [0.29, 0.717) is 16.5 Å². The van der Waals surface area contributed by atoms with Gasteiger partial charge in [0.1, 0.15) is 5.71 Å². The number of nitrogens with one attached hydrogen (secondary N) is 1. The highest BCUT2D eigenvalue weighted by Gasteiger charge is 2.12. The fourth-order valence-electron chi connectivity index (χ4n) is 1.49. The van der Waals surface area contributed by atoms with Gasteiger partial charge < -0.3 is 4.90 Å². The molecule has 0 spiro atoms. The van der Waals surface area contributed by atoms with Gasteiger partial charge in [0.25, 0.3) is 5.69 Å². The third-order valence-electron chi connectivity index (χ3n) is 2.58. The smallest absolute Gasteiger partial charge is 0.280 e. The molecule has 1 heterocycles. The fourth-order valence-corrected chi connectivity index (χ4v) is 1.80. The normalized spacial score (nSPS) is 11.2. The minimum absolute atomic E-state index is 0.583. The van der Waals surface area contributed by atoms with Crippen molar-refractivity contribution in [3.05, 3.63) is 30.1 Å². The van der Waals surface area contributed by atoms with Crippen molar-refractivity contribution in [1.82, 2.24) is 10.3 Å². The Labute approximate surface area is 113 Å². The molecule has 98 valence electrons. The van der Waals surface area contributed by atoms with E-state index in [1.165, 1.54) is 0 Å². The lowest BCUT2D eigenvalue weighted by atomic mass is 10.2.